The highest BCUT2D eigenvalue weighted by Gasteiger charge is 2.14. The van der Waals surface area contributed by atoms with Crippen molar-refractivity contribution in [3.63, 3.8) is 0 Å². The molecule has 0 aliphatic rings. The van der Waals surface area contributed by atoms with Gasteiger partial charge in [0.2, 0.25) is 6.41 Å². The monoisotopic (exact) mass is 412 g/mol. The van der Waals surface area contributed by atoms with Crippen LogP contribution < -0.4 is 5.32 Å². The van der Waals surface area contributed by atoms with Gasteiger partial charge in [-0.1, -0.05) is 24.3 Å². The van der Waals surface area contributed by atoms with Gasteiger partial charge in [-0.2, -0.15) is 0 Å². The molecule has 0 radical (unpaired) electrons. The van der Waals surface area contributed by atoms with Crippen molar-refractivity contribution >= 4 is 27.2 Å². The van der Waals surface area contributed by atoms with Gasteiger partial charge in [-0.25, -0.2) is 0 Å². The Bertz CT molecular complexity index is 657. The van der Waals surface area contributed by atoms with Crippen molar-refractivity contribution in [2.75, 3.05) is 27.3 Å². The zero-order chi connectivity index (χ0) is 20.8. The molecule has 0 heterocycles. The fraction of sp³-hybridized carbons (Fsp3) is 0.389. The van der Waals surface area contributed by atoms with Crippen molar-refractivity contribution < 1.29 is 33.1 Å². The number of hydrogen-bond donors (Lipinski definition) is 2. The fourth-order valence-electron chi connectivity index (χ4n) is 2.08. The van der Waals surface area contributed by atoms with Gasteiger partial charge in [-0.15, -0.1) is 0 Å². The van der Waals surface area contributed by atoms with E-state index >= 15 is 0 Å². The summed E-state index contributed by atoms with van der Waals surface area (Å²) in [6, 6.07) is 6.93. The maximum absolute atomic E-state index is 11.2. The summed E-state index contributed by atoms with van der Waals surface area (Å²) >= 11 is 0. The number of nitrogens with one attached hydrogen (secondary N) is 1. The van der Waals surface area contributed by atoms with E-state index in [0.717, 1.165) is 6.29 Å². The van der Waals surface area contributed by atoms with E-state index < -0.39 is 14.5 Å². The molecule has 154 valence electrons. The molecule has 0 spiro atoms. The minimum atomic E-state index is -2.12. The average Bonchev–Trinajstić information content (AvgIpc) is 2.71. The van der Waals surface area contributed by atoms with Crippen molar-refractivity contribution in [2.24, 2.45) is 0 Å². The summed E-state index contributed by atoms with van der Waals surface area (Å²) in [5.74, 6) is -0.507. The highest BCUT2D eigenvalue weighted by Crippen LogP contribution is 2.34. The Morgan fingerprint density at radius 1 is 1.32 bits per heavy atom. The van der Waals surface area contributed by atoms with Crippen molar-refractivity contribution in [1.29, 1.82) is 0 Å². The summed E-state index contributed by atoms with van der Waals surface area (Å²) in [7, 11) is 1.18. The summed E-state index contributed by atoms with van der Waals surface area (Å²) in [5.41, 5.74) is 1.16. The van der Waals surface area contributed by atoms with Gasteiger partial charge < -0.3 is 23.6 Å². The Morgan fingerprint density at radius 3 is 2.75 bits per heavy atom. The minimum Gasteiger partial charge on any atom is -0.380 e. The number of nitrogens with zero attached hydrogens (tertiary/aromatic N) is 1. The normalized spacial score (nSPS) is 13.1. The average molecular weight is 412 g/mol. The molecule has 0 bridgehead atoms. The minimum absolute atomic E-state index is 0.0607. The van der Waals surface area contributed by atoms with Crippen LogP contribution in [0.15, 0.2) is 36.5 Å². The number of aldehydes is 1. The first-order valence-corrected chi connectivity index (χ1v) is 9.56. The number of benzene rings is 1. The number of imide groups is 1. The molecule has 2 unspecified atom stereocenters. The molecule has 28 heavy (non-hydrogen) atoms. The Hall–Kier alpha value is -2.16. The van der Waals surface area contributed by atoms with Crippen LogP contribution in [0.2, 0.25) is 0 Å². The molecule has 1 aromatic rings. The number of carbonyl (C=O) groups excluding carboxylic acids is 3. The van der Waals surface area contributed by atoms with E-state index in [1.165, 1.54) is 13.2 Å². The number of hydrogen-bond acceptors (Lipinski definition) is 8. The third-order valence-corrected chi connectivity index (χ3v) is 4.42. The lowest BCUT2D eigenvalue weighted by Gasteiger charge is -2.20. The lowest BCUT2D eigenvalue weighted by molar-refractivity contribution is -0.121. The van der Waals surface area contributed by atoms with Crippen molar-refractivity contribution in [1.82, 2.24) is 10.2 Å². The van der Waals surface area contributed by atoms with Crippen LogP contribution >= 0.6 is 8.60 Å². The summed E-state index contributed by atoms with van der Waals surface area (Å²) in [6.45, 7) is 0.742. The Kier molecular flexibility index (Phi) is 11.9. The summed E-state index contributed by atoms with van der Waals surface area (Å²) in [6.07, 6.45) is 4.11. The molecule has 2 amide bonds. The number of rotatable bonds is 14. The quantitative estimate of drug-likeness (QED) is 0.268. The Morgan fingerprint density at radius 2 is 2.07 bits per heavy atom. The first kappa shape index (κ1) is 23.9. The van der Waals surface area contributed by atoms with Gasteiger partial charge >= 0.3 is 8.60 Å². The molecule has 0 saturated carbocycles. The fourth-order valence-corrected chi connectivity index (χ4v) is 2.70. The largest absolute Gasteiger partial charge is 0.380 e. The van der Waals surface area contributed by atoms with Crippen LogP contribution in [0.1, 0.15) is 22.3 Å². The van der Waals surface area contributed by atoms with E-state index in [1.807, 2.05) is 5.32 Å². The van der Waals surface area contributed by atoms with Crippen molar-refractivity contribution in [3.05, 3.63) is 47.7 Å². The zero-order valence-corrected chi connectivity index (χ0v) is 16.7. The molecule has 1 rings (SSSR count). The molecule has 0 saturated heterocycles. The van der Waals surface area contributed by atoms with Crippen LogP contribution in [0.5, 0.6) is 0 Å². The smallest absolute Gasteiger partial charge is 0.330 e. The predicted octanol–water partition coefficient (Wildman–Crippen LogP) is 1.37. The van der Waals surface area contributed by atoms with Crippen molar-refractivity contribution in [2.45, 2.75) is 19.1 Å². The zero-order valence-electron chi connectivity index (χ0n) is 15.8. The molecule has 0 fully saturated rings. The van der Waals surface area contributed by atoms with E-state index in [9.17, 15) is 19.3 Å². The molecular formula is C18H25N2O7P. The first-order valence-electron chi connectivity index (χ1n) is 8.43. The first-order chi connectivity index (χ1) is 13.5. The Balaban J connectivity index is 2.33. The van der Waals surface area contributed by atoms with E-state index in [0.29, 0.717) is 30.5 Å². The van der Waals surface area contributed by atoms with Crippen LogP contribution in [0.4, 0.5) is 0 Å². The molecule has 2 N–H and O–H groups in total. The summed E-state index contributed by atoms with van der Waals surface area (Å²) in [5, 5.41) is 2.00. The number of carbonyl (C=O) groups is 3. The molecular weight excluding hydrogens is 387 g/mol. The van der Waals surface area contributed by atoms with E-state index in [2.05, 4.69) is 0 Å². The van der Waals surface area contributed by atoms with Crippen LogP contribution in [0, 0.1) is 0 Å². The second-order valence-corrected chi connectivity index (χ2v) is 6.68. The molecule has 9 nitrogen and oxygen atoms in total. The molecule has 0 aliphatic heterocycles. The van der Waals surface area contributed by atoms with E-state index in [-0.39, 0.29) is 19.3 Å². The molecule has 0 aromatic heterocycles. The number of methoxy groups -OCH3 is 1. The topological polar surface area (TPSA) is 114 Å². The third-order valence-electron chi connectivity index (χ3n) is 3.70. The summed E-state index contributed by atoms with van der Waals surface area (Å²) in [4.78, 5) is 43.9. The number of ether oxygens (including phenoxy) is 1. The standard InChI is InChI=1S/C18H25N2O7P/c1-20(10-8-18(23)19-14-22)9-7-17(25-2)13-27-28(24)26-12-16-6-4-3-5-15(16)11-21/h3-6,8,10-11,14,17,24H,7,9,12-13H2,1-2H3,(H,19,22,23)/b10-8-. The van der Waals surface area contributed by atoms with Crippen LogP contribution in [0.3, 0.4) is 0 Å². The molecule has 2 atom stereocenters. The van der Waals surface area contributed by atoms with Gasteiger partial charge in [0.25, 0.3) is 5.91 Å². The van der Waals surface area contributed by atoms with Gasteiger partial charge in [0.05, 0.1) is 19.3 Å². The van der Waals surface area contributed by atoms with Gasteiger partial charge in [-0.05, 0) is 12.0 Å². The lowest BCUT2D eigenvalue weighted by Crippen LogP contribution is -2.25. The predicted molar refractivity (Wildman–Crippen MR) is 103 cm³/mol. The van der Waals surface area contributed by atoms with E-state index in [1.54, 1.807) is 42.4 Å². The highest BCUT2D eigenvalue weighted by atomic mass is 31.2. The van der Waals surface area contributed by atoms with Crippen LogP contribution in [0.25, 0.3) is 0 Å². The lowest BCUT2D eigenvalue weighted by atomic mass is 10.1. The second kappa shape index (κ2) is 13.9. The van der Waals surface area contributed by atoms with Gasteiger partial charge in [-0.3, -0.25) is 19.7 Å². The maximum atomic E-state index is 11.2. The Labute approximate surface area is 165 Å². The SMILES string of the molecule is COC(CCN(C)/C=C\C(=O)NC=O)COP(O)OCc1ccccc1C=O. The molecule has 1 aromatic carbocycles. The highest BCUT2D eigenvalue weighted by molar-refractivity contribution is 7.40. The number of amides is 2. The molecule has 10 heteroatoms. The van der Waals surface area contributed by atoms with Crippen molar-refractivity contribution in [3.8, 4) is 0 Å². The van der Waals surface area contributed by atoms with E-state index in [4.69, 9.17) is 13.8 Å². The maximum Gasteiger partial charge on any atom is 0.330 e. The van der Waals surface area contributed by atoms with Gasteiger partial charge in [0.1, 0.15) is 6.29 Å². The second-order valence-electron chi connectivity index (χ2n) is 5.69. The van der Waals surface area contributed by atoms with Gasteiger partial charge in [0, 0.05) is 38.5 Å². The van der Waals surface area contributed by atoms with Crippen LogP contribution in [-0.4, -0.2) is 61.8 Å². The summed E-state index contributed by atoms with van der Waals surface area (Å²) < 4.78 is 15.9. The van der Waals surface area contributed by atoms with Gasteiger partial charge in [0.15, 0.2) is 0 Å². The van der Waals surface area contributed by atoms with Crippen LogP contribution in [-0.2, 0) is 30.0 Å². The third kappa shape index (κ3) is 9.68. The molecule has 0 aliphatic carbocycles.